The molecule has 0 aromatic heterocycles. The predicted octanol–water partition coefficient (Wildman–Crippen LogP) is -3.27. The zero-order valence-electron chi connectivity index (χ0n) is 4.46. The standard InChI is InChI=1S/Ag.Cr.H2O4S.4O/c;;1-5(2,3)4;;;;/h;;(H2,1,2,3,4);;;;/q;;;;;2*-1. The van der Waals surface area contributed by atoms with Crippen molar-refractivity contribution < 1.29 is 69.4 Å². The molecule has 0 rings (SSSR count). The zero-order valence-corrected chi connectivity index (χ0v) is 8.04. The van der Waals surface area contributed by atoms with Crippen molar-refractivity contribution in [3.63, 3.8) is 0 Å². The Hall–Kier alpha value is 0.663. The van der Waals surface area contributed by atoms with Crippen LogP contribution in [0.4, 0.5) is 0 Å². The van der Waals surface area contributed by atoms with Gasteiger partial charge in [0, 0.05) is 22.4 Å². The molecule has 0 fully saturated rings. The summed E-state index contributed by atoms with van der Waals surface area (Å²) < 4.78 is 66.0. The van der Waals surface area contributed by atoms with Crippen LogP contribution in [-0.2, 0) is 54.0 Å². The number of hydrogen-bond acceptors (Lipinski definition) is 6. The van der Waals surface area contributed by atoms with Crippen molar-refractivity contribution in [3.8, 4) is 0 Å². The third kappa shape index (κ3) is 1820. The summed E-state index contributed by atoms with van der Waals surface area (Å²) in [6, 6.07) is 0. The van der Waals surface area contributed by atoms with Crippen LogP contribution in [0.1, 0.15) is 0 Å². The van der Waals surface area contributed by atoms with Gasteiger partial charge < -0.3 is 0 Å². The molecule has 0 bridgehead atoms. The van der Waals surface area contributed by atoms with Crippen molar-refractivity contribution in [1.82, 2.24) is 0 Å². The molecular weight excluding hydrogens is 320 g/mol. The SMILES string of the molecule is O=S(=O)(O)O.[Ag].[O]=[Cr](=[O])([O-])[O-]. The average Bonchev–Trinajstić information content (AvgIpc) is 1.12. The van der Waals surface area contributed by atoms with Crippen molar-refractivity contribution >= 4 is 10.4 Å². The molecule has 11 heteroatoms. The molecule has 0 aromatic rings. The first kappa shape index (κ1) is 17.7. The van der Waals surface area contributed by atoms with Gasteiger partial charge in [0.15, 0.2) is 0 Å². The monoisotopic (exact) mass is 321 g/mol. The number of hydrogen-bond donors (Lipinski definition) is 2. The molecule has 8 nitrogen and oxygen atoms in total. The van der Waals surface area contributed by atoms with E-state index in [0.717, 1.165) is 0 Å². The summed E-state index contributed by atoms with van der Waals surface area (Å²) in [5.74, 6) is 0. The quantitative estimate of drug-likeness (QED) is 0.347. The van der Waals surface area contributed by atoms with E-state index in [2.05, 4.69) is 0 Å². The fraction of sp³-hybridized carbons (Fsp3) is 0. The van der Waals surface area contributed by atoms with Gasteiger partial charge in [-0.3, -0.25) is 9.11 Å². The maximum absolute atomic E-state index is 8.74. The summed E-state index contributed by atoms with van der Waals surface area (Å²) in [5.41, 5.74) is 0. The van der Waals surface area contributed by atoms with E-state index >= 15 is 0 Å². The molecule has 2 N–H and O–H groups in total. The molecule has 0 aliphatic heterocycles. The van der Waals surface area contributed by atoms with E-state index < -0.39 is 24.0 Å². The molecule has 0 spiro atoms. The second-order valence-corrected chi connectivity index (χ2v) is 3.03. The molecule has 75 valence electrons. The molecule has 0 amide bonds. The maximum atomic E-state index is 8.74. The summed E-state index contributed by atoms with van der Waals surface area (Å²) in [4.78, 5) is 0. The minimum absolute atomic E-state index is 0. The van der Waals surface area contributed by atoms with Gasteiger partial charge in [-0.15, -0.1) is 0 Å². The molecular formula is H2AgCrO8S-2. The molecule has 1 radical (unpaired) electrons. The topological polar surface area (TPSA) is 155 Å². The Morgan fingerprint density at radius 3 is 1.09 bits per heavy atom. The van der Waals surface area contributed by atoms with E-state index in [1.165, 1.54) is 0 Å². The summed E-state index contributed by atoms with van der Waals surface area (Å²) in [6.45, 7) is 0. The van der Waals surface area contributed by atoms with Crippen LogP contribution in [0.5, 0.6) is 0 Å². The van der Waals surface area contributed by atoms with Crippen LogP contribution in [0.2, 0.25) is 0 Å². The predicted molar refractivity (Wildman–Crippen MR) is 15.6 cm³/mol. The molecule has 0 heterocycles. The van der Waals surface area contributed by atoms with Crippen LogP contribution in [0.25, 0.3) is 0 Å². The summed E-state index contributed by atoms with van der Waals surface area (Å²) in [5, 5.41) is 0. The number of rotatable bonds is 0. The Labute approximate surface area is 79.7 Å². The van der Waals surface area contributed by atoms with Crippen LogP contribution in [0, 0.1) is 0 Å². The molecule has 0 unspecified atom stereocenters. The molecule has 11 heavy (non-hydrogen) atoms. The summed E-state index contributed by atoms with van der Waals surface area (Å²) in [6.07, 6.45) is 0. The third-order valence-electron chi connectivity index (χ3n) is 0. The van der Waals surface area contributed by atoms with Gasteiger partial charge >= 0.3 is 39.9 Å². The van der Waals surface area contributed by atoms with Crippen molar-refractivity contribution in [3.05, 3.63) is 0 Å². The van der Waals surface area contributed by atoms with Gasteiger partial charge in [-0.25, -0.2) is 0 Å². The van der Waals surface area contributed by atoms with E-state index in [9.17, 15) is 0 Å². The van der Waals surface area contributed by atoms with Gasteiger partial charge in [0.05, 0.1) is 0 Å². The van der Waals surface area contributed by atoms with Gasteiger partial charge in [-0.05, 0) is 0 Å². The first-order valence-corrected chi connectivity index (χ1v) is 4.84. The zero-order chi connectivity index (χ0) is 9.00. The third-order valence-corrected chi connectivity index (χ3v) is 0. The Balaban J connectivity index is -0.000000107. The van der Waals surface area contributed by atoms with E-state index in [4.69, 9.17) is 33.4 Å². The van der Waals surface area contributed by atoms with Crippen LogP contribution in [-0.4, -0.2) is 17.5 Å². The minimum atomic E-state index is -5.75. The second-order valence-electron chi connectivity index (χ2n) is 0.856. The Kier molecular flexibility index (Phi) is 9.97. The van der Waals surface area contributed by atoms with Crippen LogP contribution in [0.15, 0.2) is 0 Å². The van der Waals surface area contributed by atoms with Gasteiger partial charge in [0.2, 0.25) is 0 Å². The second kappa shape index (κ2) is 6.21. The fourth-order valence-corrected chi connectivity index (χ4v) is 0. The molecule has 0 aliphatic rings. The fourth-order valence-electron chi connectivity index (χ4n) is 0. The van der Waals surface area contributed by atoms with Crippen LogP contribution < -0.4 is 8.32 Å². The molecule has 0 saturated carbocycles. The van der Waals surface area contributed by atoms with Crippen molar-refractivity contribution in [2.24, 2.45) is 0 Å². The first-order valence-electron chi connectivity index (χ1n) is 1.37. The summed E-state index contributed by atoms with van der Waals surface area (Å²) >= 11 is -5.75. The van der Waals surface area contributed by atoms with E-state index in [0.29, 0.717) is 0 Å². The first-order chi connectivity index (χ1) is 4.00. The van der Waals surface area contributed by atoms with Crippen molar-refractivity contribution in [2.75, 3.05) is 0 Å². The van der Waals surface area contributed by atoms with Gasteiger partial charge in [-0.1, -0.05) is 0 Å². The normalized spacial score (nSPS) is 10.5. The molecule has 0 aliphatic carbocycles. The van der Waals surface area contributed by atoms with E-state index in [1.807, 2.05) is 0 Å². The molecule has 0 saturated heterocycles. The van der Waals surface area contributed by atoms with Crippen LogP contribution in [0.3, 0.4) is 0 Å². The van der Waals surface area contributed by atoms with Crippen molar-refractivity contribution in [2.45, 2.75) is 0 Å². The Morgan fingerprint density at radius 1 is 1.09 bits per heavy atom. The molecule has 0 atom stereocenters. The Morgan fingerprint density at radius 2 is 1.09 bits per heavy atom. The van der Waals surface area contributed by atoms with Gasteiger partial charge in [0.25, 0.3) is 0 Å². The molecule has 0 aromatic carbocycles. The van der Waals surface area contributed by atoms with Crippen LogP contribution >= 0.6 is 0 Å². The van der Waals surface area contributed by atoms with Gasteiger partial charge in [0.1, 0.15) is 0 Å². The van der Waals surface area contributed by atoms with E-state index in [-0.39, 0.29) is 22.4 Å². The Bertz CT molecular complexity index is 210. The van der Waals surface area contributed by atoms with Gasteiger partial charge in [-0.2, -0.15) is 8.42 Å². The van der Waals surface area contributed by atoms with Crippen molar-refractivity contribution in [1.29, 1.82) is 0 Å². The average molecular weight is 322 g/mol. The van der Waals surface area contributed by atoms with E-state index in [1.54, 1.807) is 0 Å². The summed E-state index contributed by atoms with van der Waals surface area (Å²) in [7, 11) is -4.67.